The van der Waals surface area contributed by atoms with Crippen LogP contribution in [0.4, 0.5) is 17.1 Å². The van der Waals surface area contributed by atoms with Crippen molar-refractivity contribution in [3.63, 3.8) is 0 Å². The second-order valence-corrected chi connectivity index (χ2v) is 13.3. The van der Waals surface area contributed by atoms with Crippen molar-refractivity contribution in [3.05, 3.63) is 247 Å². The van der Waals surface area contributed by atoms with Gasteiger partial charge >= 0.3 is 0 Å². The lowest BCUT2D eigenvalue weighted by Crippen LogP contribution is -2.31. The summed E-state index contributed by atoms with van der Waals surface area (Å²) in [5.41, 5.74) is 10.1. The predicted molar refractivity (Wildman–Crippen MR) is 220 cm³/mol. The second-order valence-electron chi connectivity index (χ2n) is 13.3. The summed E-state index contributed by atoms with van der Waals surface area (Å²) in [5, 5.41) is 4.98. The van der Waals surface area contributed by atoms with Crippen molar-refractivity contribution >= 4 is 38.6 Å². The van der Waals surface area contributed by atoms with Gasteiger partial charge in [0, 0.05) is 17.1 Å². The summed E-state index contributed by atoms with van der Waals surface area (Å²) in [6.07, 6.45) is 0. The highest BCUT2D eigenvalue weighted by atomic mass is 15.1. The molecule has 0 unspecified atom stereocenters. The average Bonchev–Trinajstić information content (AvgIpc) is 3.23. The Hall–Kier alpha value is -6.70. The van der Waals surface area contributed by atoms with Gasteiger partial charge in [-0.3, -0.25) is 0 Å². The van der Waals surface area contributed by atoms with Gasteiger partial charge in [0.25, 0.3) is 0 Å². The molecule has 0 fully saturated rings. The normalized spacial score (nSPS) is 11.5. The molecule has 9 aromatic rings. The van der Waals surface area contributed by atoms with Crippen LogP contribution in [0, 0.1) is 0 Å². The molecule has 246 valence electrons. The van der Waals surface area contributed by atoms with Crippen molar-refractivity contribution in [3.8, 4) is 11.1 Å². The molecule has 0 aliphatic carbocycles. The maximum Gasteiger partial charge on any atom is 0.0701 e. The van der Waals surface area contributed by atoms with Crippen LogP contribution in [0.25, 0.3) is 32.7 Å². The minimum absolute atomic E-state index is 0.508. The van der Waals surface area contributed by atoms with E-state index in [1.807, 2.05) is 0 Å². The molecule has 0 atom stereocenters. The van der Waals surface area contributed by atoms with Crippen molar-refractivity contribution < 1.29 is 0 Å². The van der Waals surface area contributed by atoms with E-state index in [0.717, 1.165) is 17.1 Å². The Balaban J connectivity index is 1.23. The van der Waals surface area contributed by atoms with Crippen LogP contribution in [0.15, 0.2) is 224 Å². The summed E-state index contributed by atoms with van der Waals surface area (Å²) in [6, 6.07) is 81.4. The molecule has 0 bridgehead atoms. The summed E-state index contributed by atoms with van der Waals surface area (Å²) in [7, 11) is 0. The molecule has 1 nitrogen and oxygen atoms in total. The van der Waals surface area contributed by atoms with E-state index in [0.29, 0.717) is 0 Å². The maximum absolute atomic E-state index is 2.38. The first-order chi connectivity index (χ1) is 25.8. The number of hydrogen-bond donors (Lipinski definition) is 0. The van der Waals surface area contributed by atoms with Crippen molar-refractivity contribution in [2.45, 2.75) is 5.41 Å². The largest absolute Gasteiger partial charge is 0.310 e. The lowest BCUT2D eigenvalue weighted by atomic mass is 9.65. The molecular formula is C51H37N. The summed E-state index contributed by atoms with van der Waals surface area (Å²) in [6.45, 7) is 0. The summed E-state index contributed by atoms with van der Waals surface area (Å²) in [5.74, 6) is 0. The number of rotatable bonds is 8. The third-order valence-corrected chi connectivity index (χ3v) is 10.4. The Bertz CT molecular complexity index is 2480. The van der Waals surface area contributed by atoms with Gasteiger partial charge in [0.05, 0.1) is 5.41 Å². The molecule has 0 radical (unpaired) electrons. The molecule has 0 saturated carbocycles. The van der Waals surface area contributed by atoms with Crippen LogP contribution < -0.4 is 4.90 Å². The van der Waals surface area contributed by atoms with Gasteiger partial charge in [0.15, 0.2) is 0 Å². The van der Waals surface area contributed by atoms with Gasteiger partial charge in [-0.2, -0.15) is 0 Å². The minimum atomic E-state index is -0.508. The first kappa shape index (κ1) is 31.3. The van der Waals surface area contributed by atoms with Crippen molar-refractivity contribution in [2.24, 2.45) is 0 Å². The van der Waals surface area contributed by atoms with Gasteiger partial charge in [0.2, 0.25) is 0 Å². The molecule has 0 heterocycles. The van der Waals surface area contributed by atoms with Crippen molar-refractivity contribution in [2.75, 3.05) is 4.90 Å². The van der Waals surface area contributed by atoms with E-state index in [4.69, 9.17) is 0 Å². The van der Waals surface area contributed by atoms with E-state index in [1.165, 1.54) is 54.9 Å². The molecule has 0 saturated heterocycles. The number of anilines is 3. The highest BCUT2D eigenvalue weighted by Gasteiger charge is 2.38. The fourth-order valence-electron chi connectivity index (χ4n) is 7.93. The van der Waals surface area contributed by atoms with Gasteiger partial charge in [-0.25, -0.2) is 0 Å². The molecular weight excluding hydrogens is 627 g/mol. The number of fused-ring (bicyclic) bond motifs is 3. The van der Waals surface area contributed by atoms with E-state index < -0.39 is 5.41 Å². The predicted octanol–water partition coefficient (Wildman–Crippen LogP) is 13.5. The third kappa shape index (κ3) is 5.54. The first-order valence-electron chi connectivity index (χ1n) is 17.9. The second kappa shape index (κ2) is 13.5. The zero-order valence-electron chi connectivity index (χ0n) is 28.8. The molecule has 0 aliphatic rings. The van der Waals surface area contributed by atoms with E-state index in [1.54, 1.807) is 0 Å². The molecule has 0 amide bonds. The fraction of sp³-hybridized carbons (Fsp3) is 0.0196. The molecule has 9 rings (SSSR count). The summed E-state index contributed by atoms with van der Waals surface area (Å²) >= 11 is 0. The summed E-state index contributed by atoms with van der Waals surface area (Å²) in [4.78, 5) is 2.38. The van der Waals surface area contributed by atoms with Gasteiger partial charge in [-0.05, 0) is 91.3 Å². The quantitative estimate of drug-likeness (QED) is 0.116. The number of hydrogen-bond acceptors (Lipinski definition) is 1. The van der Waals surface area contributed by atoms with E-state index in [2.05, 4.69) is 229 Å². The van der Waals surface area contributed by atoms with Crippen LogP contribution in [-0.2, 0) is 5.41 Å². The van der Waals surface area contributed by atoms with E-state index in [9.17, 15) is 0 Å². The molecule has 52 heavy (non-hydrogen) atoms. The SMILES string of the molecule is c1ccc(-c2ccc(N(c3ccc(C(c4ccccc4)(c4ccccc4)c4ccccc4)cc3)c3ccc4ccc5ccccc5c4c3)cc2)cc1. The molecule has 1 heteroatoms. The highest BCUT2D eigenvalue weighted by Crippen LogP contribution is 2.46. The maximum atomic E-state index is 2.38. The first-order valence-corrected chi connectivity index (χ1v) is 17.9. The Labute approximate surface area is 305 Å². The van der Waals surface area contributed by atoms with Gasteiger partial charge < -0.3 is 4.90 Å². The van der Waals surface area contributed by atoms with Crippen LogP contribution >= 0.6 is 0 Å². The fourth-order valence-corrected chi connectivity index (χ4v) is 7.93. The third-order valence-electron chi connectivity index (χ3n) is 10.4. The van der Waals surface area contributed by atoms with Crippen LogP contribution in [0.5, 0.6) is 0 Å². The molecule has 0 aliphatic heterocycles. The van der Waals surface area contributed by atoms with E-state index >= 15 is 0 Å². The molecule has 0 aromatic heterocycles. The topological polar surface area (TPSA) is 3.24 Å². The zero-order chi connectivity index (χ0) is 34.7. The van der Waals surface area contributed by atoms with Crippen LogP contribution in [0.2, 0.25) is 0 Å². The Morgan fingerprint density at radius 3 is 1.21 bits per heavy atom. The van der Waals surface area contributed by atoms with Crippen molar-refractivity contribution in [1.82, 2.24) is 0 Å². The average molecular weight is 664 g/mol. The van der Waals surface area contributed by atoms with Gasteiger partial charge in [-0.15, -0.1) is 0 Å². The number of benzene rings is 9. The van der Waals surface area contributed by atoms with Crippen molar-refractivity contribution in [1.29, 1.82) is 0 Å². The monoisotopic (exact) mass is 663 g/mol. The molecule has 9 aromatic carbocycles. The van der Waals surface area contributed by atoms with Gasteiger partial charge in [0.1, 0.15) is 0 Å². The van der Waals surface area contributed by atoms with Crippen LogP contribution in [-0.4, -0.2) is 0 Å². The van der Waals surface area contributed by atoms with Gasteiger partial charge in [-0.1, -0.05) is 188 Å². The highest BCUT2D eigenvalue weighted by molar-refractivity contribution is 6.09. The Kier molecular flexibility index (Phi) is 8.15. The van der Waals surface area contributed by atoms with E-state index in [-0.39, 0.29) is 0 Å². The smallest absolute Gasteiger partial charge is 0.0701 e. The summed E-state index contributed by atoms with van der Waals surface area (Å²) < 4.78 is 0. The lowest BCUT2D eigenvalue weighted by molar-refractivity contribution is 0.745. The lowest BCUT2D eigenvalue weighted by Gasteiger charge is -2.37. The minimum Gasteiger partial charge on any atom is -0.310 e. The molecule has 0 N–H and O–H groups in total. The Morgan fingerprint density at radius 2 is 0.654 bits per heavy atom. The number of nitrogens with zero attached hydrogens (tertiary/aromatic N) is 1. The van der Waals surface area contributed by atoms with Crippen LogP contribution in [0.3, 0.4) is 0 Å². The zero-order valence-corrected chi connectivity index (χ0v) is 28.8. The standard InChI is InChI=1S/C51H37N/c1-5-15-38(16-6-1)39-27-32-46(33-28-39)52(48-34-29-41-26-25-40-17-13-14-24-49(40)50(41)37-48)47-35-30-45(31-36-47)51(42-18-7-2-8-19-42,43-20-9-3-10-21-43)44-22-11-4-12-23-44/h1-37H. The Morgan fingerprint density at radius 1 is 0.269 bits per heavy atom. The van der Waals surface area contributed by atoms with Crippen LogP contribution in [0.1, 0.15) is 22.3 Å². The molecule has 0 spiro atoms.